The van der Waals surface area contributed by atoms with E-state index >= 15 is 0 Å². The fraction of sp³-hybridized carbons (Fsp3) is 0.757. The van der Waals surface area contributed by atoms with Crippen molar-refractivity contribution < 1.29 is 57.0 Å². The molecule has 296 valence electrons. The molecule has 0 aromatic rings. The molecular weight excluding hydrogens is 682 g/mol. The van der Waals surface area contributed by atoms with Crippen LogP contribution in [-0.2, 0) is 28.9 Å². The molecule has 1 heterocycles. The predicted octanol–water partition coefficient (Wildman–Crippen LogP) is 4.34. The van der Waals surface area contributed by atoms with E-state index in [4.69, 9.17) is 14.0 Å². The van der Waals surface area contributed by atoms with Gasteiger partial charge in [-0.15, -0.1) is 0 Å². The molecule has 1 rings (SSSR count). The van der Waals surface area contributed by atoms with Gasteiger partial charge in [0.2, 0.25) is 5.91 Å². The van der Waals surface area contributed by atoms with Crippen molar-refractivity contribution in [3.8, 4) is 0 Å². The van der Waals surface area contributed by atoms with Gasteiger partial charge in [-0.25, -0.2) is 4.18 Å². The Morgan fingerprint density at radius 2 is 1.31 bits per heavy atom. The summed E-state index contributed by atoms with van der Waals surface area (Å²) < 4.78 is 47.1. The molecule has 0 aromatic carbocycles. The van der Waals surface area contributed by atoms with Gasteiger partial charge in [-0.3, -0.25) is 9.35 Å². The van der Waals surface area contributed by atoms with Crippen LogP contribution in [-0.4, -0.2) is 107 Å². The van der Waals surface area contributed by atoms with E-state index in [0.717, 1.165) is 51.4 Å². The van der Waals surface area contributed by atoms with Crippen molar-refractivity contribution in [2.75, 3.05) is 13.2 Å². The number of unbranched alkanes of at least 4 members (excludes halogenated alkanes) is 10. The molecule has 0 aromatic heterocycles. The topological polar surface area (TPSA) is 212 Å². The molecule has 0 spiro atoms. The number of allylic oxidation sites excluding steroid dienone is 7. The zero-order valence-electron chi connectivity index (χ0n) is 30.5. The zero-order valence-corrected chi connectivity index (χ0v) is 31.3. The number of aliphatic hydroxyl groups is 5. The number of ether oxygens (including phenoxy) is 2. The lowest BCUT2D eigenvalue weighted by Gasteiger charge is -2.41. The molecule has 0 radical (unpaired) electrons. The van der Waals surface area contributed by atoms with Crippen molar-refractivity contribution >= 4 is 16.3 Å². The van der Waals surface area contributed by atoms with Gasteiger partial charge in [0.15, 0.2) is 6.29 Å². The van der Waals surface area contributed by atoms with E-state index in [1.165, 1.54) is 38.2 Å². The Morgan fingerprint density at radius 3 is 1.84 bits per heavy atom. The first-order chi connectivity index (χ1) is 24.4. The van der Waals surface area contributed by atoms with Gasteiger partial charge in [0, 0.05) is 0 Å². The van der Waals surface area contributed by atoms with E-state index in [9.17, 15) is 38.7 Å². The van der Waals surface area contributed by atoms with E-state index in [0.29, 0.717) is 12.8 Å². The summed E-state index contributed by atoms with van der Waals surface area (Å²) in [6.45, 7) is 3.04. The molecule has 14 heteroatoms. The number of amides is 1. The first-order valence-corrected chi connectivity index (χ1v) is 20.0. The molecule has 1 saturated heterocycles. The highest BCUT2D eigenvalue weighted by Crippen LogP contribution is 2.26. The number of aliphatic hydroxyl groups excluding tert-OH is 5. The maximum Gasteiger partial charge on any atom is 0.397 e. The Morgan fingerprint density at radius 1 is 0.784 bits per heavy atom. The maximum absolute atomic E-state index is 12.9. The van der Waals surface area contributed by atoms with Gasteiger partial charge in [-0.2, -0.15) is 8.42 Å². The summed E-state index contributed by atoms with van der Waals surface area (Å²) in [6.07, 6.45) is 19.6. The van der Waals surface area contributed by atoms with Crippen LogP contribution in [0.2, 0.25) is 0 Å². The van der Waals surface area contributed by atoms with Crippen molar-refractivity contribution in [3.63, 3.8) is 0 Å². The fourth-order valence-electron chi connectivity index (χ4n) is 5.37. The summed E-state index contributed by atoms with van der Waals surface area (Å²) in [5.41, 5.74) is 0. The molecule has 0 bridgehead atoms. The largest absolute Gasteiger partial charge is 0.397 e. The van der Waals surface area contributed by atoms with Gasteiger partial charge in [-0.1, -0.05) is 101 Å². The minimum atomic E-state index is -5.12. The Kier molecular flexibility index (Phi) is 26.3. The van der Waals surface area contributed by atoms with E-state index in [-0.39, 0.29) is 6.42 Å². The van der Waals surface area contributed by atoms with E-state index < -0.39 is 78.5 Å². The third-order valence-electron chi connectivity index (χ3n) is 8.43. The molecule has 7 N–H and O–H groups in total. The van der Waals surface area contributed by atoms with Gasteiger partial charge < -0.3 is 40.3 Å². The second-order valence-electron chi connectivity index (χ2n) is 12.9. The van der Waals surface area contributed by atoms with E-state index in [1.807, 2.05) is 12.2 Å². The van der Waals surface area contributed by atoms with Gasteiger partial charge in [-0.05, 0) is 64.2 Å². The Bertz CT molecular complexity index is 1130. The van der Waals surface area contributed by atoms with Crippen LogP contribution in [0.4, 0.5) is 0 Å². The molecule has 8 unspecified atom stereocenters. The van der Waals surface area contributed by atoms with Gasteiger partial charge >= 0.3 is 10.4 Å². The first-order valence-electron chi connectivity index (χ1n) is 18.6. The highest BCUT2D eigenvalue weighted by molar-refractivity contribution is 7.80. The third-order valence-corrected chi connectivity index (χ3v) is 8.89. The molecule has 0 aliphatic carbocycles. The predicted molar refractivity (Wildman–Crippen MR) is 196 cm³/mol. The van der Waals surface area contributed by atoms with Crippen LogP contribution in [0.1, 0.15) is 117 Å². The normalized spacial score (nSPS) is 23.5. The summed E-state index contributed by atoms with van der Waals surface area (Å²) in [5, 5.41) is 54.6. The Hall–Kier alpha value is -1.98. The summed E-state index contributed by atoms with van der Waals surface area (Å²) in [6, 6.07) is -1.15. The summed E-state index contributed by atoms with van der Waals surface area (Å²) in [7, 11) is -5.12. The summed E-state index contributed by atoms with van der Waals surface area (Å²) >= 11 is 0. The minimum absolute atomic E-state index is 0.146. The Balaban J connectivity index is 2.80. The molecule has 51 heavy (non-hydrogen) atoms. The van der Waals surface area contributed by atoms with E-state index in [1.54, 1.807) is 6.08 Å². The summed E-state index contributed by atoms with van der Waals surface area (Å²) in [4.78, 5) is 12.9. The second kappa shape index (κ2) is 28.5. The van der Waals surface area contributed by atoms with Crippen molar-refractivity contribution in [1.29, 1.82) is 0 Å². The SMILES string of the molecule is CCCCCC/C=C\CCC(O)C(=O)NC(COC1OC(CO)C(O)C(OS(=O)(=O)O)C1O)C(O)/C=C/CC/C=C/CC/C=C/CCCCCC. The fourth-order valence-corrected chi connectivity index (χ4v) is 5.88. The van der Waals surface area contributed by atoms with Crippen LogP contribution in [0.25, 0.3) is 0 Å². The summed E-state index contributed by atoms with van der Waals surface area (Å²) in [5.74, 6) is -0.758. The lowest BCUT2D eigenvalue weighted by atomic mass is 9.99. The molecule has 1 amide bonds. The lowest BCUT2D eigenvalue weighted by molar-refractivity contribution is -0.298. The zero-order chi connectivity index (χ0) is 37.9. The minimum Gasteiger partial charge on any atom is -0.394 e. The highest BCUT2D eigenvalue weighted by Gasteiger charge is 2.48. The quantitative estimate of drug-likeness (QED) is 0.0324. The number of carbonyl (C=O) groups is 1. The average Bonchev–Trinajstić information content (AvgIpc) is 3.09. The van der Waals surface area contributed by atoms with Crippen molar-refractivity contribution in [1.82, 2.24) is 5.32 Å². The molecule has 8 atom stereocenters. The number of carbonyl (C=O) groups excluding carboxylic acids is 1. The second-order valence-corrected chi connectivity index (χ2v) is 14.0. The molecule has 1 fully saturated rings. The first kappa shape index (κ1) is 47.0. The highest BCUT2D eigenvalue weighted by atomic mass is 32.3. The standard InChI is InChI=1S/C37H65NO12S/c1-3-5-7-9-11-13-14-15-16-17-18-20-21-23-25-30(40)29(38-36(44)31(41)26-24-22-19-12-10-8-6-4-2)28-48-37-34(43)35(50-51(45,46)47)33(42)32(27-39)49-37/h13-14,17-19,22-23,25,29-35,37,39-43H,3-12,15-16,20-21,24,26-28H2,1-2H3,(H,38,44)(H,45,46,47)/b14-13+,18-17+,22-19-,25-23+. The smallest absolute Gasteiger partial charge is 0.394 e. The van der Waals surface area contributed by atoms with Crippen LogP contribution in [0.3, 0.4) is 0 Å². The number of nitrogens with one attached hydrogen (secondary N) is 1. The van der Waals surface area contributed by atoms with Gasteiger partial charge in [0.25, 0.3) is 0 Å². The average molecular weight is 748 g/mol. The van der Waals surface area contributed by atoms with Gasteiger partial charge in [0.1, 0.15) is 30.5 Å². The van der Waals surface area contributed by atoms with Crippen LogP contribution in [0, 0.1) is 0 Å². The maximum atomic E-state index is 12.9. The number of hydrogen-bond acceptors (Lipinski definition) is 11. The third kappa shape index (κ3) is 22.0. The van der Waals surface area contributed by atoms with Crippen LogP contribution < -0.4 is 5.32 Å². The molecule has 13 nitrogen and oxygen atoms in total. The van der Waals surface area contributed by atoms with Crippen LogP contribution in [0.15, 0.2) is 48.6 Å². The molecule has 1 aliphatic rings. The van der Waals surface area contributed by atoms with Crippen LogP contribution in [0.5, 0.6) is 0 Å². The van der Waals surface area contributed by atoms with Crippen LogP contribution >= 0.6 is 0 Å². The number of hydrogen-bond donors (Lipinski definition) is 7. The molecule has 1 aliphatic heterocycles. The molecule has 0 saturated carbocycles. The van der Waals surface area contributed by atoms with Crippen molar-refractivity contribution in [3.05, 3.63) is 48.6 Å². The van der Waals surface area contributed by atoms with Crippen molar-refractivity contribution in [2.45, 2.75) is 166 Å². The van der Waals surface area contributed by atoms with Crippen molar-refractivity contribution in [2.24, 2.45) is 0 Å². The lowest BCUT2D eigenvalue weighted by Crippen LogP contribution is -2.61. The van der Waals surface area contributed by atoms with E-state index in [2.05, 4.69) is 47.7 Å². The monoisotopic (exact) mass is 747 g/mol. The number of rotatable bonds is 29. The molecular formula is C37H65NO12S. The van der Waals surface area contributed by atoms with Gasteiger partial charge in [0.05, 0.1) is 25.4 Å². The Labute approximate surface area is 305 Å².